The summed E-state index contributed by atoms with van der Waals surface area (Å²) in [6, 6.07) is 0. The van der Waals surface area contributed by atoms with Crippen molar-refractivity contribution in [2.75, 3.05) is 13.2 Å². The molecule has 0 aromatic carbocycles. The van der Waals surface area contributed by atoms with E-state index in [1.165, 1.54) is 5.57 Å². The fraction of sp³-hybridized carbons (Fsp3) is 0.697. The van der Waals surface area contributed by atoms with Crippen LogP contribution < -0.4 is 11.1 Å². The minimum absolute atomic E-state index is 0.0722. The maximum Gasteiger partial charge on any atom is 0.340 e. The van der Waals surface area contributed by atoms with Crippen molar-refractivity contribution in [1.29, 1.82) is 0 Å². The molecule has 1 spiro atoms. The van der Waals surface area contributed by atoms with Gasteiger partial charge in [0.2, 0.25) is 0 Å². The Kier molecular flexibility index (Phi) is 7.83. The molecule has 3 aliphatic heterocycles. The molecule has 7 heteroatoms. The van der Waals surface area contributed by atoms with E-state index in [4.69, 9.17) is 15.2 Å². The third-order valence-corrected chi connectivity index (χ3v) is 10.9. The molecule has 0 aromatic rings. The van der Waals surface area contributed by atoms with Gasteiger partial charge in [-0.3, -0.25) is 5.73 Å². The first-order chi connectivity index (χ1) is 19.5. The Morgan fingerprint density at radius 2 is 1.90 bits per heavy atom. The largest absolute Gasteiger partial charge is 0.427 e. The van der Waals surface area contributed by atoms with Gasteiger partial charge in [0, 0.05) is 36.5 Å². The van der Waals surface area contributed by atoms with Gasteiger partial charge in [-0.25, -0.2) is 9.59 Å². The fourth-order valence-corrected chi connectivity index (χ4v) is 9.40. The summed E-state index contributed by atoms with van der Waals surface area (Å²) < 4.78 is 12.2. The minimum atomic E-state index is -0.596. The van der Waals surface area contributed by atoms with Crippen LogP contribution in [0.15, 0.2) is 46.0 Å². The number of fused-ring (bicyclic) bond motifs is 1. The molecule has 0 amide bonds. The van der Waals surface area contributed by atoms with Gasteiger partial charge in [-0.15, -0.1) is 0 Å². The molecule has 218 valence electrons. The van der Waals surface area contributed by atoms with Crippen molar-refractivity contribution in [3.05, 3.63) is 46.0 Å². The maximum atomic E-state index is 14.0. The van der Waals surface area contributed by atoms with Crippen LogP contribution in [0.25, 0.3) is 0 Å². The van der Waals surface area contributed by atoms with Gasteiger partial charge in [-0.1, -0.05) is 32.3 Å². The quantitative estimate of drug-likeness (QED) is 0.371. The van der Waals surface area contributed by atoms with E-state index >= 15 is 0 Å². The van der Waals surface area contributed by atoms with Crippen molar-refractivity contribution >= 4 is 11.9 Å². The zero-order valence-electron chi connectivity index (χ0n) is 24.3. The number of carbonyl (C=O) groups is 2. The number of esters is 2. The van der Waals surface area contributed by atoms with E-state index in [9.17, 15) is 14.7 Å². The number of nitrogens with two attached hydrogens (primary N) is 2. The maximum absolute atomic E-state index is 14.0. The minimum Gasteiger partial charge on any atom is -0.427 e. The first kappa shape index (κ1) is 27.9. The van der Waals surface area contributed by atoms with E-state index in [1.807, 2.05) is 0 Å². The summed E-state index contributed by atoms with van der Waals surface area (Å²) in [7, 11) is 0. The molecule has 3 heterocycles. The molecule has 4 aliphatic carbocycles. The van der Waals surface area contributed by atoms with Crippen molar-refractivity contribution in [2.24, 2.45) is 40.7 Å². The van der Waals surface area contributed by atoms with E-state index in [1.54, 1.807) is 0 Å². The Labute approximate surface area is 238 Å². The molecule has 5 N–H and O–H groups in total. The molecule has 7 atom stereocenters. The van der Waals surface area contributed by atoms with Crippen LogP contribution in [-0.4, -0.2) is 36.4 Å². The van der Waals surface area contributed by atoms with Crippen LogP contribution in [-0.2, 0) is 19.1 Å². The number of aliphatic hydroxyl groups excluding tert-OH is 1. The van der Waals surface area contributed by atoms with Gasteiger partial charge in [0.25, 0.3) is 0 Å². The van der Waals surface area contributed by atoms with E-state index in [0.29, 0.717) is 12.3 Å². The number of aliphatic hydroxyl groups is 1. The molecule has 7 aliphatic rings. The third-order valence-electron chi connectivity index (χ3n) is 10.9. The van der Waals surface area contributed by atoms with E-state index < -0.39 is 5.41 Å². The number of carbonyl (C=O) groups excluding carboxylic acids is 2. The van der Waals surface area contributed by atoms with Crippen LogP contribution in [0.2, 0.25) is 0 Å². The summed E-state index contributed by atoms with van der Waals surface area (Å²) in [5.41, 5.74) is 9.89. The molecule has 0 aromatic heterocycles. The van der Waals surface area contributed by atoms with Crippen LogP contribution >= 0.6 is 0 Å². The molecule has 7 rings (SSSR count). The first-order valence-electron chi connectivity index (χ1n) is 16.0. The van der Waals surface area contributed by atoms with Gasteiger partial charge in [0.05, 0.1) is 17.5 Å². The first-order valence-corrected chi connectivity index (χ1v) is 16.0. The number of quaternary nitrogens is 1. The van der Waals surface area contributed by atoms with Crippen LogP contribution in [0.1, 0.15) is 90.9 Å². The van der Waals surface area contributed by atoms with Gasteiger partial charge in [-0.05, 0) is 87.2 Å². The highest BCUT2D eigenvalue weighted by Crippen LogP contribution is 2.71. The Bertz CT molecular complexity index is 1180. The van der Waals surface area contributed by atoms with Crippen molar-refractivity contribution < 1.29 is 29.5 Å². The molecule has 3 fully saturated rings. The lowest BCUT2D eigenvalue weighted by Gasteiger charge is -2.58. The van der Waals surface area contributed by atoms with Gasteiger partial charge in [-0.2, -0.15) is 0 Å². The summed E-state index contributed by atoms with van der Waals surface area (Å²) >= 11 is 0. The lowest BCUT2D eigenvalue weighted by Crippen LogP contribution is -2.94. The molecular formula is C33H47N2O5+. The average molecular weight is 552 g/mol. The van der Waals surface area contributed by atoms with Crippen LogP contribution in [0.5, 0.6) is 0 Å². The highest BCUT2D eigenvalue weighted by atomic mass is 16.5. The Balaban J connectivity index is 1.54. The number of hydrogen-bond acceptors (Lipinski definition) is 6. The van der Waals surface area contributed by atoms with E-state index in [0.717, 1.165) is 105 Å². The number of hydrogen-bond donors (Lipinski definition) is 3. The Morgan fingerprint density at radius 3 is 2.65 bits per heavy atom. The van der Waals surface area contributed by atoms with Crippen LogP contribution in [0.4, 0.5) is 0 Å². The van der Waals surface area contributed by atoms with Crippen molar-refractivity contribution in [1.82, 2.24) is 0 Å². The molecule has 2 unspecified atom stereocenters. The summed E-state index contributed by atoms with van der Waals surface area (Å²) in [4.78, 5) is 27.6. The van der Waals surface area contributed by atoms with E-state index in [-0.39, 0.29) is 48.4 Å². The van der Waals surface area contributed by atoms with Crippen molar-refractivity contribution in [2.45, 2.75) is 97.1 Å². The van der Waals surface area contributed by atoms with Crippen molar-refractivity contribution in [3.63, 3.8) is 0 Å². The number of rotatable bonds is 9. The summed E-state index contributed by atoms with van der Waals surface area (Å²) in [5, 5.41) is 12.1. The van der Waals surface area contributed by atoms with Crippen molar-refractivity contribution in [3.8, 4) is 0 Å². The monoisotopic (exact) mass is 551 g/mol. The highest BCUT2D eigenvalue weighted by molar-refractivity contribution is 6.00. The molecular weight excluding hydrogens is 504 g/mol. The highest BCUT2D eigenvalue weighted by Gasteiger charge is 2.68. The zero-order chi connectivity index (χ0) is 28.0. The predicted molar refractivity (Wildman–Crippen MR) is 151 cm³/mol. The van der Waals surface area contributed by atoms with Gasteiger partial charge in [0.15, 0.2) is 0 Å². The summed E-state index contributed by atoms with van der Waals surface area (Å²) in [6.45, 7) is 5.41. The molecule has 7 nitrogen and oxygen atoms in total. The van der Waals surface area contributed by atoms with Gasteiger partial charge >= 0.3 is 11.9 Å². The van der Waals surface area contributed by atoms with Gasteiger partial charge < -0.3 is 19.9 Å². The second-order valence-corrected chi connectivity index (χ2v) is 13.0. The lowest BCUT2D eigenvalue weighted by atomic mass is 9.43. The average Bonchev–Trinajstić information content (AvgIpc) is 3.44. The SMILES string of the molecule is CCCC=C1OC(=O)C2=C1CC[C@@H]1[C@@H]2[C@]23CC[C@H]1C([C@H](CCCO)C1CC[NH2+]C(N)C1)=C2C(=O)OC3=CCCC. The molecule has 0 radical (unpaired) electrons. The third kappa shape index (κ3) is 4.26. The standard InChI is InChI=1S/C33H46N2O5/c1-3-5-9-24-23-12-11-22-21-13-15-33(29(22)28(23)31(37)39-24)25(10-6-4-2)40-32(38)30(33)27(21)20(8-7-17-36)19-14-16-35-26(34)18-19/h9-10,19-22,26,29,35-36H,3-8,11-18,34H2,1-2H3/p+1/t19?,20-,21-,22+,26?,29+,33-/m1/s1. The van der Waals surface area contributed by atoms with Crippen LogP contribution in [0.3, 0.4) is 0 Å². The fourth-order valence-electron chi connectivity index (χ4n) is 9.40. The number of allylic oxidation sites excluding steroid dienone is 5. The number of unbranched alkanes of at least 4 members (excludes halogenated alkanes) is 2. The van der Waals surface area contributed by atoms with Crippen LogP contribution in [0, 0.1) is 35.0 Å². The number of ether oxygens (including phenoxy) is 2. The number of cyclic esters (lactones) is 2. The molecule has 2 saturated heterocycles. The van der Waals surface area contributed by atoms with E-state index in [2.05, 4.69) is 31.3 Å². The summed E-state index contributed by atoms with van der Waals surface area (Å²) in [5.74, 6) is 2.15. The topological polar surface area (TPSA) is 115 Å². The lowest BCUT2D eigenvalue weighted by molar-refractivity contribution is -0.699. The Hall–Kier alpha value is -2.22. The smallest absolute Gasteiger partial charge is 0.340 e. The molecule has 40 heavy (non-hydrogen) atoms. The summed E-state index contributed by atoms with van der Waals surface area (Å²) in [6.07, 6.45) is 15.2. The molecule has 2 bridgehead atoms. The second-order valence-electron chi connectivity index (χ2n) is 13.0. The second kappa shape index (κ2) is 11.2. The zero-order valence-corrected chi connectivity index (χ0v) is 24.3. The van der Waals surface area contributed by atoms with Gasteiger partial charge in [0.1, 0.15) is 17.7 Å². The molecule has 1 saturated carbocycles. The predicted octanol–water partition coefficient (Wildman–Crippen LogP) is 4.14. The normalized spacial score (nSPS) is 37.5. The Morgan fingerprint density at radius 1 is 1.10 bits per heavy atom. The number of piperidine rings is 1.